The van der Waals surface area contributed by atoms with E-state index in [2.05, 4.69) is 21.7 Å². The highest BCUT2D eigenvalue weighted by Gasteiger charge is 2.10. The highest BCUT2D eigenvalue weighted by atomic mass is 16.5. The van der Waals surface area contributed by atoms with Crippen molar-refractivity contribution in [3.05, 3.63) is 59.9 Å². The standard InChI is InChI=1S/C23H29N3O2/c1-17(2)28-22-11-7-6-10-21(22)26-20-14-19(15-24-16-20)23(27)25-13-12-18-8-4-3-5-9-18/h6-8,10-11,14-17,26H,3-5,9,12-13H2,1-2H3,(H,25,27). The Hall–Kier alpha value is -2.82. The number of allylic oxidation sites excluding steroid dienone is 1. The van der Waals surface area contributed by atoms with Crippen molar-refractivity contribution >= 4 is 17.3 Å². The van der Waals surface area contributed by atoms with Crippen LogP contribution >= 0.6 is 0 Å². The summed E-state index contributed by atoms with van der Waals surface area (Å²) in [7, 11) is 0. The van der Waals surface area contributed by atoms with Gasteiger partial charge in [-0.1, -0.05) is 23.8 Å². The van der Waals surface area contributed by atoms with Crippen LogP contribution in [0.5, 0.6) is 5.75 Å². The molecule has 2 N–H and O–H groups in total. The highest BCUT2D eigenvalue weighted by molar-refractivity contribution is 5.94. The molecule has 5 heteroatoms. The average Bonchev–Trinajstić information content (AvgIpc) is 2.70. The number of hydrogen-bond acceptors (Lipinski definition) is 4. The lowest BCUT2D eigenvalue weighted by Gasteiger charge is -2.16. The van der Waals surface area contributed by atoms with Gasteiger partial charge in [-0.25, -0.2) is 0 Å². The quantitative estimate of drug-likeness (QED) is 0.616. The van der Waals surface area contributed by atoms with Crippen LogP contribution in [0.25, 0.3) is 0 Å². The molecule has 0 fully saturated rings. The molecule has 28 heavy (non-hydrogen) atoms. The molecule has 0 unspecified atom stereocenters. The summed E-state index contributed by atoms with van der Waals surface area (Å²) in [6, 6.07) is 9.56. The Morgan fingerprint density at radius 3 is 2.86 bits per heavy atom. The fourth-order valence-electron chi connectivity index (χ4n) is 3.28. The number of pyridine rings is 1. The first-order valence-electron chi connectivity index (χ1n) is 10.1. The topological polar surface area (TPSA) is 63.2 Å². The number of carbonyl (C=O) groups excluding carboxylic acids is 1. The molecule has 0 aliphatic heterocycles. The number of nitrogens with zero attached hydrogens (tertiary/aromatic N) is 1. The van der Waals surface area contributed by atoms with Crippen LogP contribution in [0.3, 0.4) is 0 Å². The van der Waals surface area contributed by atoms with E-state index in [1.54, 1.807) is 12.4 Å². The monoisotopic (exact) mass is 379 g/mol. The molecule has 0 saturated carbocycles. The van der Waals surface area contributed by atoms with Crippen LogP contribution in [0, 0.1) is 0 Å². The Bertz CT molecular complexity index is 830. The summed E-state index contributed by atoms with van der Waals surface area (Å²) in [5.74, 6) is 0.674. The molecule has 1 aliphatic rings. The molecule has 1 aromatic heterocycles. The summed E-state index contributed by atoms with van der Waals surface area (Å²) in [6.45, 7) is 4.65. The molecular formula is C23H29N3O2. The molecule has 0 spiro atoms. The van der Waals surface area contributed by atoms with Gasteiger partial charge in [-0.2, -0.15) is 0 Å². The summed E-state index contributed by atoms with van der Waals surface area (Å²) >= 11 is 0. The highest BCUT2D eigenvalue weighted by Crippen LogP contribution is 2.28. The Kier molecular flexibility index (Phi) is 7.06. The van der Waals surface area contributed by atoms with Gasteiger partial charge in [0.2, 0.25) is 0 Å². The van der Waals surface area contributed by atoms with Crippen molar-refractivity contribution in [2.45, 2.75) is 52.1 Å². The normalized spacial score (nSPS) is 13.8. The maximum absolute atomic E-state index is 12.5. The second kappa shape index (κ2) is 9.93. The zero-order valence-electron chi connectivity index (χ0n) is 16.7. The Morgan fingerprint density at radius 2 is 2.07 bits per heavy atom. The third-order valence-corrected chi connectivity index (χ3v) is 4.65. The zero-order valence-corrected chi connectivity index (χ0v) is 16.7. The minimum atomic E-state index is -0.0979. The summed E-state index contributed by atoms with van der Waals surface area (Å²) in [5.41, 5.74) is 3.61. The predicted molar refractivity (Wildman–Crippen MR) is 113 cm³/mol. The third-order valence-electron chi connectivity index (χ3n) is 4.65. The van der Waals surface area contributed by atoms with Gasteiger partial charge in [-0.15, -0.1) is 0 Å². The first kappa shape index (κ1) is 19.9. The maximum atomic E-state index is 12.5. The number of carbonyl (C=O) groups is 1. The molecule has 148 valence electrons. The summed E-state index contributed by atoms with van der Waals surface area (Å²) in [6.07, 6.45) is 11.5. The molecule has 1 amide bonds. The summed E-state index contributed by atoms with van der Waals surface area (Å²) < 4.78 is 5.84. The van der Waals surface area contributed by atoms with Gasteiger partial charge >= 0.3 is 0 Å². The van der Waals surface area contributed by atoms with Crippen molar-refractivity contribution in [2.75, 3.05) is 11.9 Å². The summed E-state index contributed by atoms with van der Waals surface area (Å²) in [5, 5.41) is 6.31. The number of anilines is 2. The second-order valence-corrected chi connectivity index (χ2v) is 7.36. The van der Waals surface area contributed by atoms with Gasteiger partial charge in [-0.3, -0.25) is 9.78 Å². The van der Waals surface area contributed by atoms with E-state index in [0.29, 0.717) is 12.1 Å². The van der Waals surface area contributed by atoms with Gasteiger partial charge in [0.1, 0.15) is 5.75 Å². The van der Waals surface area contributed by atoms with Crippen molar-refractivity contribution in [3.63, 3.8) is 0 Å². The number of para-hydroxylation sites is 2. The minimum absolute atomic E-state index is 0.0810. The van der Waals surface area contributed by atoms with E-state index in [4.69, 9.17) is 4.74 Å². The molecular weight excluding hydrogens is 350 g/mol. The predicted octanol–water partition coefficient (Wildman–Crippen LogP) is 5.23. The van der Waals surface area contributed by atoms with Crippen LogP contribution in [0.2, 0.25) is 0 Å². The lowest BCUT2D eigenvalue weighted by molar-refractivity contribution is 0.0953. The van der Waals surface area contributed by atoms with Crippen LogP contribution in [0.15, 0.2) is 54.4 Å². The number of rotatable bonds is 8. The van der Waals surface area contributed by atoms with Gasteiger partial charge in [0.15, 0.2) is 0 Å². The van der Waals surface area contributed by atoms with Gasteiger partial charge in [0.25, 0.3) is 5.91 Å². The van der Waals surface area contributed by atoms with Gasteiger partial charge in [0, 0.05) is 12.7 Å². The molecule has 5 nitrogen and oxygen atoms in total. The molecule has 1 aromatic carbocycles. The fourth-order valence-corrected chi connectivity index (χ4v) is 3.28. The summed E-state index contributed by atoms with van der Waals surface area (Å²) in [4.78, 5) is 16.7. The van der Waals surface area contributed by atoms with Gasteiger partial charge in [0.05, 0.1) is 29.2 Å². The number of amides is 1. The average molecular weight is 380 g/mol. The van der Waals surface area contributed by atoms with Gasteiger partial charge in [-0.05, 0) is 64.2 Å². The molecule has 0 bridgehead atoms. The first-order chi connectivity index (χ1) is 13.6. The zero-order chi connectivity index (χ0) is 19.8. The van der Waals surface area contributed by atoms with Crippen molar-refractivity contribution in [3.8, 4) is 5.75 Å². The van der Waals surface area contributed by atoms with E-state index in [1.807, 2.05) is 44.2 Å². The van der Waals surface area contributed by atoms with E-state index in [-0.39, 0.29) is 12.0 Å². The van der Waals surface area contributed by atoms with Gasteiger partial charge < -0.3 is 15.4 Å². The SMILES string of the molecule is CC(C)Oc1ccccc1Nc1cncc(C(=O)NCCC2=CCCCC2)c1. The number of ether oxygens (including phenoxy) is 1. The van der Waals surface area contributed by atoms with Crippen LogP contribution in [-0.4, -0.2) is 23.5 Å². The number of aromatic nitrogens is 1. The molecule has 0 saturated heterocycles. The Morgan fingerprint density at radius 1 is 1.21 bits per heavy atom. The van der Waals surface area contributed by atoms with Crippen molar-refractivity contribution < 1.29 is 9.53 Å². The minimum Gasteiger partial charge on any atom is -0.489 e. The molecule has 1 heterocycles. The van der Waals surface area contributed by atoms with Crippen LogP contribution in [-0.2, 0) is 0 Å². The molecule has 0 radical (unpaired) electrons. The van der Waals surface area contributed by atoms with E-state index in [9.17, 15) is 4.79 Å². The van der Waals surface area contributed by atoms with Crippen molar-refractivity contribution in [1.29, 1.82) is 0 Å². The molecule has 2 aromatic rings. The lowest BCUT2D eigenvalue weighted by Crippen LogP contribution is -2.25. The second-order valence-electron chi connectivity index (χ2n) is 7.36. The van der Waals surface area contributed by atoms with Crippen LogP contribution in [0.1, 0.15) is 56.3 Å². The van der Waals surface area contributed by atoms with Crippen LogP contribution in [0.4, 0.5) is 11.4 Å². The Labute approximate surface area is 167 Å². The van der Waals surface area contributed by atoms with E-state index >= 15 is 0 Å². The number of nitrogens with one attached hydrogen (secondary N) is 2. The lowest BCUT2D eigenvalue weighted by atomic mass is 9.97. The van der Waals surface area contributed by atoms with Crippen molar-refractivity contribution in [1.82, 2.24) is 10.3 Å². The molecule has 1 aliphatic carbocycles. The van der Waals surface area contributed by atoms with Crippen molar-refractivity contribution in [2.24, 2.45) is 0 Å². The Balaban J connectivity index is 1.60. The number of hydrogen-bond donors (Lipinski definition) is 2. The fraction of sp³-hybridized carbons (Fsp3) is 0.391. The van der Waals surface area contributed by atoms with E-state index in [0.717, 1.165) is 30.0 Å². The van der Waals surface area contributed by atoms with E-state index < -0.39 is 0 Å². The largest absolute Gasteiger partial charge is 0.489 e. The smallest absolute Gasteiger partial charge is 0.252 e. The van der Waals surface area contributed by atoms with E-state index in [1.165, 1.54) is 24.8 Å². The third kappa shape index (κ3) is 5.84. The molecule has 3 rings (SSSR count). The molecule has 0 atom stereocenters. The van der Waals surface area contributed by atoms with Crippen LogP contribution < -0.4 is 15.4 Å². The number of benzene rings is 1. The first-order valence-corrected chi connectivity index (χ1v) is 10.1. The maximum Gasteiger partial charge on any atom is 0.252 e.